The smallest absolute Gasteiger partial charge is 0.324 e. The van der Waals surface area contributed by atoms with Crippen LogP contribution in [0.15, 0.2) is 0 Å². The number of esters is 1. The number of rotatable bonds is 4. The Morgan fingerprint density at radius 1 is 1.62 bits per heavy atom. The summed E-state index contributed by atoms with van der Waals surface area (Å²) < 4.78 is 6.58. The van der Waals surface area contributed by atoms with Gasteiger partial charge < -0.3 is 10.1 Å². The van der Waals surface area contributed by atoms with Crippen molar-refractivity contribution in [2.24, 2.45) is 5.92 Å². The van der Waals surface area contributed by atoms with Gasteiger partial charge in [0.2, 0.25) is 0 Å². The largest absolute Gasteiger partial charge is 0.465 e. The first kappa shape index (κ1) is 11.8. The summed E-state index contributed by atoms with van der Waals surface area (Å²) in [5, 5.41) is 7.40. The average Bonchev–Trinajstić information content (AvgIpc) is 1.99. The standard InChI is InChI=1S/C9H17N2O2/c1-5-13-9(12)8(7(2)10)6-11(3)4/h6,8,10H,5H2,1-4H3/q+1. The van der Waals surface area contributed by atoms with Gasteiger partial charge in [-0.2, -0.15) is 0 Å². The van der Waals surface area contributed by atoms with Crippen LogP contribution in [0.1, 0.15) is 13.8 Å². The molecule has 0 rings (SSSR count). The van der Waals surface area contributed by atoms with Crippen molar-refractivity contribution in [3.05, 3.63) is 0 Å². The predicted octanol–water partition coefficient (Wildman–Crippen LogP) is 0.548. The maximum Gasteiger partial charge on any atom is 0.324 e. The molecule has 0 fully saturated rings. The Kier molecular flexibility index (Phi) is 4.96. The Bertz CT molecular complexity index is 230. The highest BCUT2D eigenvalue weighted by molar-refractivity contribution is 6.11. The molecule has 0 heterocycles. The topological polar surface area (TPSA) is 53.2 Å². The van der Waals surface area contributed by atoms with E-state index < -0.39 is 5.92 Å². The molecule has 1 N–H and O–H groups in total. The second-order valence-corrected chi connectivity index (χ2v) is 3.03. The van der Waals surface area contributed by atoms with Crippen LogP contribution < -0.4 is 0 Å². The minimum atomic E-state index is -0.546. The molecule has 0 aliphatic rings. The quantitative estimate of drug-likeness (QED) is 0.395. The number of carbonyl (C=O) groups excluding carboxylic acids is 1. The first-order chi connectivity index (χ1) is 5.99. The molecule has 0 saturated carbocycles. The lowest BCUT2D eigenvalue weighted by molar-refractivity contribution is -0.461. The van der Waals surface area contributed by atoms with E-state index in [0.717, 1.165) is 0 Å². The van der Waals surface area contributed by atoms with Crippen molar-refractivity contribution in [3.8, 4) is 0 Å². The summed E-state index contributed by atoms with van der Waals surface area (Å²) in [5.74, 6) is -0.904. The zero-order chi connectivity index (χ0) is 10.4. The van der Waals surface area contributed by atoms with Gasteiger partial charge in [0.15, 0.2) is 12.1 Å². The van der Waals surface area contributed by atoms with Crippen LogP contribution in [0.5, 0.6) is 0 Å². The summed E-state index contributed by atoms with van der Waals surface area (Å²) in [5.41, 5.74) is 0.298. The molecule has 0 aliphatic carbocycles. The Morgan fingerprint density at radius 2 is 2.15 bits per heavy atom. The monoisotopic (exact) mass is 185 g/mol. The second-order valence-electron chi connectivity index (χ2n) is 3.03. The lowest BCUT2D eigenvalue weighted by Gasteiger charge is -2.07. The molecule has 0 bridgehead atoms. The Hall–Kier alpha value is -1.19. The number of hydrogen-bond donors (Lipinski definition) is 1. The maximum absolute atomic E-state index is 11.3. The van der Waals surface area contributed by atoms with Gasteiger partial charge in [0, 0.05) is 5.71 Å². The number of hydrogen-bond acceptors (Lipinski definition) is 3. The molecule has 0 saturated heterocycles. The molecule has 74 valence electrons. The molecular formula is C9H17N2O2+. The molecule has 4 nitrogen and oxygen atoms in total. The predicted molar refractivity (Wildman–Crippen MR) is 51.7 cm³/mol. The van der Waals surface area contributed by atoms with Crippen LogP contribution in [0.25, 0.3) is 0 Å². The SMILES string of the molecule is CCOC(=O)C(C=[N+](C)C)C(C)=N. The number of nitrogens with zero attached hydrogens (tertiary/aromatic N) is 1. The molecule has 0 aliphatic heterocycles. The highest BCUT2D eigenvalue weighted by Gasteiger charge is 2.22. The molecule has 0 aromatic heterocycles. The van der Waals surface area contributed by atoms with Crippen LogP contribution in [-0.4, -0.2) is 43.2 Å². The molecule has 0 aromatic rings. The third-order valence-corrected chi connectivity index (χ3v) is 1.45. The third kappa shape index (κ3) is 4.40. The molecule has 0 amide bonds. The Labute approximate surface area is 78.7 Å². The van der Waals surface area contributed by atoms with Crippen molar-refractivity contribution >= 4 is 17.9 Å². The zero-order valence-corrected chi connectivity index (χ0v) is 8.63. The van der Waals surface area contributed by atoms with E-state index in [4.69, 9.17) is 10.1 Å². The van der Waals surface area contributed by atoms with Crippen LogP contribution in [0.2, 0.25) is 0 Å². The van der Waals surface area contributed by atoms with Crippen molar-refractivity contribution < 1.29 is 14.1 Å². The minimum Gasteiger partial charge on any atom is -0.465 e. The van der Waals surface area contributed by atoms with Crippen molar-refractivity contribution in [1.29, 1.82) is 5.41 Å². The fourth-order valence-corrected chi connectivity index (χ4v) is 0.880. The Morgan fingerprint density at radius 3 is 2.46 bits per heavy atom. The first-order valence-corrected chi connectivity index (χ1v) is 4.22. The normalized spacial score (nSPS) is 11.7. The molecule has 0 radical (unpaired) electrons. The highest BCUT2D eigenvalue weighted by Crippen LogP contribution is 1.98. The fourth-order valence-electron chi connectivity index (χ4n) is 0.880. The van der Waals surface area contributed by atoms with Gasteiger partial charge in [-0.25, -0.2) is 4.58 Å². The molecule has 4 heteroatoms. The van der Waals surface area contributed by atoms with Crippen LogP contribution >= 0.6 is 0 Å². The van der Waals surface area contributed by atoms with E-state index in [9.17, 15) is 4.79 Å². The second kappa shape index (κ2) is 5.45. The van der Waals surface area contributed by atoms with E-state index in [-0.39, 0.29) is 5.97 Å². The van der Waals surface area contributed by atoms with E-state index in [1.165, 1.54) is 0 Å². The van der Waals surface area contributed by atoms with Crippen LogP contribution in [0.3, 0.4) is 0 Å². The van der Waals surface area contributed by atoms with E-state index in [1.54, 1.807) is 24.6 Å². The average molecular weight is 185 g/mol. The van der Waals surface area contributed by atoms with Gasteiger partial charge >= 0.3 is 5.97 Å². The fraction of sp³-hybridized carbons (Fsp3) is 0.667. The first-order valence-electron chi connectivity index (χ1n) is 4.22. The van der Waals surface area contributed by atoms with Gasteiger partial charge in [-0.1, -0.05) is 0 Å². The summed E-state index contributed by atoms with van der Waals surface area (Å²) in [6.07, 6.45) is 1.67. The summed E-state index contributed by atoms with van der Waals surface area (Å²) in [6.45, 7) is 3.70. The van der Waals surface area contributed by atoms with E-state index in [1.807, 2.05) is 14.1 Å². The van der Waals surface area contributed by atoms with Crippen LogP contribution in [-0.2, 0) is 9.53 Å². The lowest BCUT2D eigenvalue weighted by Crippen LogP contribution is -2.28. The van der Waals surface area contributed by atoms with Crippen molar-refractivity contribution in [1.82, 2.24) is 0 Å². The third-order valence-electron chi connectivity index (χ3n) is 1.45. The molecule has 1 atom stereocenters. The van der Waals surface area contributed by atoms with Gasteiger partial charge in [-0.05, 0) is 13.8 Å². The lowest BCUT2D eigenvalue weighted by atomic mass is 10.1. The summed E-state index contributed by atoms with van der Waals surface area (Å²) in [6, 6.07) is 0. The van der Waals surface area contributed by atoms with Crippen LogP contribution in [0, 0.1) is 11.3 Å². The summed E-state index contributed by atoms with van der Waals surface area (Å²) >= 11 is 0. The van der Waals surface area contributed by atoms with Crippen molar-refractivity contribution in [2.75, 3.05) is 20.7 Å². The minimum absolute atomic E-state index is 0.298. The van der Waals surface area contributed by atoms with Gasteiger partial charge in [-0.15, -0.1) is 0 Å². The zero-order valence-electron chi connectivity index (χ0n) is 8.63. The van der Waals surface area contributed by atoms with Crippen molar-refractivity contribution in [3.63, 3.8) is 0 Å². The van der Waals surface area contributed by atoms with Gasteiger partial charge in [0.05, 0.1) is 6.61 Å². The molecular weight excluding hydrogens is 168 g/mol. The number of ether oxygens (including phenoxy) is 1. The highest BCUT2D eigenvalue weighted by atomic mass is 16.5. The van der Waals surface area contributed by atoms with Gasteiger partial charge in [-0.3, -0.25) is 4.79 Å². The summed E-state index contributed by atoms with van der Waals surface area (Å²) in [7, 11) is 3.63. The van der Waals surface area contributed by atoms with Crippen LogP contribution in [0.4, 0.5) is 0 Å². The molecule has 0 spiro atoms. The van der Waals surface area contributed by atoms with E-state index >= 15 is 0 Å². The summed E-state index contributed by atoms with van der Waals surface area (Å²) in [4.78, 5) is 11.3. The number of nitrogens with one attached hydrogen (secondary N) is 1. The molecule has 13 heavy (non-hydrogen) atoms. The number of carbonyl (C=O) groups is 1. The molecule has 1 unspecified atom stereocenters. The van der Waals surface area contributed by atoms with Gasteiger partial charge in [0.1, 0.15) is 14.1 Å². The Balaban J connectivity index is 4.52. The van der Waals surface area contributed by atoms with Crippen molar-refractivity contribution in [2.45, 2.75) is 13.8 Å². The van der Waals surface area contributed by atoms with E-state index in [0.29, 0.717) is 12.3 Å². The molecule has 0 aromatic carbocycles. The van der Waals surface area contributed by atoms with Gasteiger partial charge in [0.25, 0.3) is 0 Å². The maximum atomic E-state index is 11.3. The van der Waals surface area contributed by atoms with E-state index in [2.05, 4.69) is 0 Å².